The summed E-state index contributed by atoms with van der Waals surface area (Å²) in [6.45, 7) is 6.84. The third kappa shape index (κ3) is 3.19. The van der Waals surface area contributed by atoms with Crippen molar-refractivity contribution < 1.29 is 4.79 Å². The van der Waals surface area contributed by atoms with Crippen molar-refractivity contribution in [1.82, 2.24) is 15.1 Å². The standard InChI is InChI=1S/C12H20N4OS/c1-3-6-13-12-15-14-10(18-12)11(17)16-7-4-5-9(2)8-16/h9H,3-8H2,1-2H3,(H,13,15). The fraction of sp³-hybridized carbons (Fsp3) is 0.750. The third-order valence-electron chi connectivity index (χ3n) is 3.08. The van der Waals surface area contributed by atoms with Crippen molar-refractivity contribution in [3.8, 4) is 0 Å². The number of nitrogens with one attached hydrogen (secondary N) is 1. The molecule has 18 heavy (non-hydrogen) atoms. The lowest BCUT2D eigenvalue weighted by atomic mass is 10.0. The Morgan fingerprint density at radius 2 is 2.39 bits per heavy atom. The van der Waals surface area contributed by atoms with E-state index >= 15 is 0 Å². The summed E-state index contributed by atoms with van der Waals surface area (Å²) in [6, 6.07) is 0. The molecule has 6 heteroatoms. The number of carbonyl (C=O) groups is 1. The zero-order valence-corrected chi connectivity index (χ0v) is 11.8. The highest BCUT2D eigenvalue weighted by Gasteiger charge is 2.24. The summed E-state index contributed by atoms with van der Waals surface area (Å²) in [7, 11) is 0. The van der Waals surface area contributed by atoms with Gasteiger partial charge in [-0.05, 0) is 25.2 Å². The number of aromatic nitrogens is 2. The number of piperidine rings is 1. The topological polar surface area (TPSA) is 58.1 Å². The molecular formula is C12H20N4OS. The average molecular weight is 268 g/mol. The van der Waals surface area contributed by atoms with Crippen molar-refractivity contribution in [2.24, 2.45) is 5.92 Å². The minimum Gasteiger partial charge on any atom is -0.360 e. The molecule has 1 atom stereocenters. The number of carbonyl (C=O) groups excluding carboxylic acids is 1. The van der Waals surface area contributed by atoms with Crippen molar-refractivity contribution in [2.75, 3.05) is 25.0 Å². The van der Waals surface area contributed by atoms with Crippen molar-refractivity contribution in [2.45, 2.75) is 33.1 Å². The molecule has 1 saturated heterocycles. The third-order valence-corrected chi connectivity index (χ3v) is 3.95. The number of hydrogen-bond acceptors (Lipinski definition) is 5. The van der Waals surface area contributed by atoms with Gasteiger partial charge in [0.05, 0.1) is 0 Å². The van der Waals surface area contributed by atoms with Gasteiger partial charge in [-0.3, -0.25) is 4.79 Å². The highest BCUT2D eigenvalue weighted by atomic mass is 32.1. The minimum absolute atomic E-state index is 0.0311. The van der Waals surface area contributed by atoms with Gasteiger partial charge in [-0.25, -0.2) is 0 Å². The molecule has 0 aliphatic carbocycles. The van der Waals surface area contributed by atoms with Crippen LogP contribution in [0.25, 0.3) is 0 Å². The monoisotopic (exact) mass is 268 g/mol. The maximum atomic E-state index is 12.2. The summed E-state index contributed by atoms with van der Waals surface area (Å²) in [5, 5.41) is 12.4. The van der Waals surface area contributed by atoms with Gasteiger partial charge in [0.15, 0.2) is 0 Å². The lowest BCUT2D eigenvalue weighted by Gasteiger charge is -2.30. The molecule has 0 spiro atoms. The Bertz CT molecular complexity index is 407. The molecule has 1 N–H and O–H groups in total. The largest absolute Gasteiger partial charge is 0.360 e. The van der Waals surface area contributed by atoms with Gasteiger partial charge in [-0.1, -0.05) is 25.2 Å². The maximum absolute atomic E-state index is 12.2. The molecule has 2 rings (SSSR count). The summed E-state index contributed by atoms with van der Waals surface area (Å²) < 4.78 is 0. The SMILES string of the molecule is CCCNc1nnc(C(=O)N2CCCC(C)C2)s1. The molecular weight excluding hydrogens is 248 g/mol. The first-order valence-corrected chi connectivity index (χ1v) is 7.39. The van der Waals surface area contributed by atoms with Gasteiger partial charge in [0.2, 0.25) is 10.1 Å². The smallest absolute Gasteiger partial charge is 0.284 e. The number of hydrogen-bond donors (Lipinski definition) is 1. The number of rotatable bonds is 4. The summed E-state index contributed by atoms with van der Waals surface area (Å²) in [5.41, 5.74) is 0. The summed E-state index contributed by atoms with van der Waals surface area (Å²) >= 11 is 1.35. The number of likely N-dealkylation sites (tertiary alicyclic amines) is 1. The van der Waals surface area contributed by atoms with E-state index in [1.165, 1.54) is 17.8 Å². The lowest BCUT2D eigenvalue weighted by molar-refractivity contribution is 0.0682. The van der Waals surface area contributed by atoms with Gasteiger partial charge in [0.25, 0.3) is 5.91 Å². The quantitative estimate of drug-likeness (QED) is 0.909. The normalized spacial score (nSPS) is 19.9. The second kappa shape index (κ2) is 6.13. The van der Waals surface area contributed by atoms with E-state index < -0.39 is 0 Å². The number of nitrogens with zero attached hydrogens (tertiary/aromatic N) is 3. The molecule has 1 aromatic rings. The van der Waals surface area contributed by atoms with Crippen LogP contribution in [0, 0.1) is 5.92 Å². The Balaban J connectivity index is 1.97. The molecule has 0 radical (unpaired) electrons. The second-order valence-electron chi connectivity index (χ2n) is 4.84. The average Bonchev–Trinajstić information content (AvgIpc) is 2.84. The highest BCUT2D eigenvalue weighted by Crippen LogP contribution is 2.21. The molecule has 1 unspecified atom stereocenters. The first-order valence-electron chi connectivity index (χ1n) is 6.57. The van der Waals surface area contributed by atoms with E-state index in [4.69, 9.17) is 0 Å². The molecule has 1 aliphatic rings. The van der Waals surface area contributed by atoms with Crippen LogP contribution in [0.1, 0.15) is 42.9 Å². The second-order valence-corrected chi connectivity index (χ2v) is 5.82. The summed E-state index contributed by atoms with van der Waals surface area (Å²) in [4.78, 5) is 14.1. The highest BCUT2D eigenvalue weighted by molar-refractivity contribution is 7.17. The van der Waals surface area contributed by atoms with Crippen LogP contribution < -0.4 is 5.32 Å². The van der Waals surface area contributed by atoms with Crippen molar-refractivity contribution in [3.05, 3.63) is 5.01 Å². The van der Waals surface area contributed by atoms with Gasteiger partial charge in [0.1, 0.15) is 0 Å². The van der Waals surface area contributed by atoms with Crippen LogP contribution in [0.15, 0.2) is 0 Å². The van der Waals surface area contributed by atoms with E-state index in [1.807, 2.05) is 4.90 Å². The zero-order valence-electron chi connectivity index (χ0n) is 11.0. The Labute approximate surface area is 112 Å². The lowest BCUT2D eigenvalue weighted by Crippen LogP contribution is -2.39. The van der Waals surface area contributed by atoms with Crippen molar-refractivity contribution >= 4 is 22.4 Å². The van der Waals surface area contributed by atoms with E-state index in [0.29, 0.717) is 10.9 Å². The Morgan fingerprint density at radius 1 is 1.56 bits per heavy atom. The Morgan fingerprint density at radius 3 is 3.11 bits per heavy atom. The molecule has 2 heterocycles. The van der Waals surface area contributed by atoms with Crippen LogP contribution >= 0.6 is 11.3 Å². The minimum atomic E-state index is 0.0311. The molecule has 1 aliphatic heterocycles. The van der Waals surface area contributed by atoms with Gasteiger partial charge in [-0.2, -0.15) is 0 Å². The summed E-state index contributed by atoms with van der Waals surface area (Å²) in [6.07, 6.45) is 3.34. The predicted octanol–water partition coefficient (Wildman–Crippen LogP) is 2.23. The van der Waals surface area contributed by atoms with Crippen LogP contribution in [0.5, 0.6) is 0 Å². The molecule has 100 valence electrons. The molecule has 0 bridgehead atoms. The number of anilines is 1. The van der Waals surface area contributed by atoms with Gasteiger partial charge in [0, 0.05) is 19.6 Å². The van der Waals surface area contributed by atoms with E-state index in [9.17, 15) is 4.79 Å². The van der Waals surface area contributed by atoms with Crippen LogP contribution in [0.2, 0.25) is 0 Å². The van der Waals surface area contributed by atoms with Gasteiger partial charge in [-0.15, -0.1) is 10.2 Å². The van der Waals surface area contributed by atoms with Crippen LogP contribution in [0.3, 0.4) is 0 Å². The molecule has 1 fully saturated rings. The first kappa shape index (κ1) is 13.3. The molecule has 0 saturated carbocycles. The Kier molecular flexibility index (Phi) is 4.52. The van der Waals surface area contributed by atoms with Crippen LogP contribution in [-0.4, -0.2) is 40.6 Å². The van der Waals surface area contributed by atoms with Crippen LogP contribution in [-0.2, 0) is 0 Å². The van der Waals surface area contributed by atoms with E-state index in [-0.39, 0.29) is 5.91 Å². The predicted molar refractivity (Wildman–Crippen MR) is 73.0 cm³/mol. The molecule has 5 nitrogen and oxygen atoms in total. The van der Waals surface area contributed by atoms with Gasteiger partial charge >= 0.3 is 0 Å². The van der Waals surface area contributed by atoms with E-state index in [2.05, 4.69) is 29.4 Å². The first-order chi connectivity index (χ1) is 8.70. The Hall–Kier alpha value is -1.17. The van der Waals surface area contributed by atoms with E-state index in [0.717, 1.165) is 37.6 Å². The molecule has 0 aromatic carbocycles. The molecule has 1 aromatic heterocycles. The van der Waals surface area contributed by atoms with Crippen molar-refractivity contribution in [3.63, 3.8) is 0 Å². The zero-order chi connectivity index (χ0) is 13.0. The van der Waals surface area contributed by atoms with Crippen molar-refractivity contribution in [1.29, 1.82) is 0 Å². The fourth-order valence-electron chi connectivity index (χ4n) is 2.12. The summed E-state index contributed by atoms with van der Waals surface area (Å²) in [5.74, 6) is 0.622. The molecule has 1 amide bonds. The maximum Gasteiger partial charge on any atom is 0.284 e. The van der Waals surface area contributed by atoms with E-state index in [1.54, 1.807) is 0 Å². The number of amides is 1. The van der Waals surface area contributed by atoms with Crippen LogP contribution in [0.4, 0.5) is 5.13 Å². The van der Waals surface area contributed by atoms with Gasteiger partial charge < -0.3 is 10.2 Å². The fourth-order valence-corrected chi connectivity index (χ4v) is 2.86.